The molecule has 1 aromatic heterocycles. The molecule has 1 radical (unpaired) electrons. The molecule has 4 aliphatic carbocycles. The van der Waals surface area contributed by atoms with Crippen molar-refractivity contribution in [1.29, 1.82) is 0 Å². The predicted octanol–water partition coefficient (Wildman–Crippen LogP) is 7.70. The largest absolute Gasteiger partial charge is 2.00 e. The van der Waals surface area contributed by atoms with Crippen LogP contribution in [0, 0.1) is 20.8 Å². The van der Waals surface area contributed by atoms with Crippen LogP contribution in [0.3, 0.4) is 0 Å². The second-order valence-corrected chi connectivity index (χ2v) is 16.4. The van der Waals surface area contributed by atoms with Gasteiger partial charge in [0.05, 0.1) is 35.2 Å². The van der Waals surface area contributed by atoms with Gasteiger partial charge >= 0.3 is 16.8 Å². The van der Waals surface area contributed by atoms with Crippen LogP contribution in [-0.2, 0) is 16.8 Å². The molecular formula is C46H61Cl2CoN3. The fourth-order valence-electron chi connectivity index (χ4n) is 9.98. The monoisotopic (exact) mass is 784 g/mol. The van der Waals surface area contributed by atoms with Crippen molar-refractivity contribution in [2.45, 2.75) is 173 Å². The number of aliphatic imine (C=N–C) groups is 2. The molecule has 283 valence electrons. The van der Waals surface area contributed by atoms with Gasteiger partial charge in [-0.15, -0.1) is 0 Å². The van der Waals surface area contributed by atoms with E-state index in [9.17, 15) is 0 Å². The molecule has 7 rings (SSSR count). The van der Waals surface area contributed by atoms with Crippen molar-refractivity contribution < 1.29 is 41.6 Å². The van der Waals surface area contributed by atoms with E-state index in [1.54, 1.807) is 0 Å². The zero-order valence-electron chi connectivity index (χ0n) is 32.0. The van der Waals surface area contributed by atoms with Crippen molar-refractivity contribution in [3.05, 3.63) is 86.7 Å². The molecule has 52 heavy (non-hydrogen) atoms. The first kappa shape index (κ1) is 42.8. The predicted molar refractivity (Wildman–Crippen MR) is 209 cm³/mol. The molecule has 0 N–H and O–H groups in total. The molecule has 0 amide bonds. The van der Waals surface area contributed by atoms with E-state index in [1.165, 1.54) is 179 Å². The standard InChI is InChI=1S/C46H61N3.2ClH.Co/c1-32-24-39(30-47-45-41(35-16-8-4-9-17-35)26-33(2)27-42(45)36-18-10-5-11-19-36)49-40(25-32)31-48-46-43(37-20-12-6-13-21-37)28-34(3)29-44(46)38-22-14-7-15-23-38;;;/h24-31,35-38H,4-23H2,1-3H3;2*1H;/q;;;+2/p-2. The average molecular weight is 786 g/mol. The first-order chi connectivity index (χ1) is 24.0. The fraction of sp³-hybridized carbons (Fsp3) is 0.587. The molecule has 0 unspecified atom stereocenters. The molecule has 4 aliphatic rings. The van der Waals surface area contributed by atoms with Crippen LogP contribution in [0.1, 0.15) is 202 Å². The van der Waals surface area contributed by atoms with Gasteiger partial charge in [-0.25, -0.2) is 4.98 Å². The molecule has 1 heterocycles. The van der Waals surface area contributed by atoms with E-state index in [0.717, 1.165) is 11.4 Å². The van der Waals surface area contributed by atoms with Crippen LogP contribution in [-0.4, -0.2) is 17.4 Å². The van der Waals surface area contributed by atoms with Gasteiger partial charge in [0.15, 0.2) is 0 Å². The van der Waals surface area contributed by atoms with Crippen molar-refractivity contribution >= 4 is 23.8 Å². The Balaban J connectivity index is 0.00000202. The third-order valence-corrected chi connectivity index (χ3v) is 12.5. The molecule has 2 aromatic carbocycles. The first-order valence-electron chi connectivity index (χ1n) is 20.4. The minimum atomic E-state index is 0. The molecule has 3 aromatic rings. The van der Waals surface area contributed by atoms with Crippen LogP contribution in [0.25, 0.3) is 0 Å². The van der Waals surface area contributed by atoms with Crippen LogP contribution >= 0.6 is 0 Å². The van der Waals surface area contributed by atoms with Gasteiger partial charge in [0, 0.05) is 0 Å². The van der Waals surface area contributed by atoms with Gasteiger partial charge in [-0.1, -0.05) is 112 Å². The Hall–Kier alpha value is -1.98. The Morgan fingerprint density at radius 1 is 0.423 bits per heavy atom. The van der Waals surface area contributed by atoms with Gasteiger partial charge in [-0.2, -0.15) is 0 Å². The fourth-order valence-corrected chi connectivity index (χ4v) is 9.98. The van der Waals surface area contributed by atoms with E-state index in [4.69, 9.17) is 15.0 Å². The molecule has 3 nitrogen and oxygen atoms in total. The molecule has 0 bridgehead atoms. The minimum Gasteiger partial charge on any atom is -1.00 e. The zero-order valence-corrected chi connectivity index (χ0v) is 34.6. The zero-order chi connectivity index (χ0) is 33.6. The quantitative estimate of drug-likeness (QED) is 0.216. The summed E-state index contributed by atoms with van der Waals surface area (Å²) >= 11 is 0. The third-order valence-electron chi connectivity index (χ3n) is 12.5. The van der Waals surface area contributed by atoms with Crippen molar-refractivity contribution in [1.82, 2.24) is 4.98 Å². The van der Waals surface area contributed by atoms with Crippen molar-refractivity contribution in [3.63, 3.8) is 0 Å². The van der Waals surface area contributed by atoms with E-state index in [0.29, 0.717) is 23.7 Å². The SMILES string of the molecule is Cc1cc(C=Nc2c(C3CCCCC3)cc(C)cc2C2CCCCC2)nc(C=Nc2c(C3CCCCC3)cc(C)cc2C2CCCCC2)c1.[Cl-].[Cl-].[Co+2]. The smallest absolute Gasteiger partial charge is 1.00 e. The number of pyridine rings is 1. The summed E-state index contributed by atoms with van der Waals surface area (Å²) in [6, 6.07) is 14.3. The molecule has 0 spiro atoms. The van der Waals surface area contributed by atoms with Gasteiger partial charge in [0.1, 0.15) is 0 Å². The normalized spacial score (nSPS) is 19.7. The number of benzene rings is 2. The number of nitrogens with zero attached hydrogens (tertiary/aromatic N) is 3. The van der Waals surface area contributed by atoms with E-state index in [2.05, 4.69) is 69.6 Å². The van der Waals surface area contributed by atoms with E-state index >= 15 is 0 Å². The van der Waals surface area contributed by atoms with Crippen molar-refractivity contribution in [2.75, 3.05) is 0 Å². The summed E-state index contributed by atoms with van der Waals surface area (Å²) in [7, 11) is 0. The molecule has 0 aliphatic heterocycles. The molecule has 6 heteroatoms. The van der Waals surface area contributed by atoms with Crippen LogP contribution < -0.4 is 24.8 Å². The molecule has 0 saturated heterocycles. The van der Waals surface area contributed by atoms with E-state index in [-0.39, 0.29) is 41.6 Å². The van der Waals surface area contributed by atoms with Gasteiger partial charge in [-0.05, 0) is 136 Å². The van der Waals surface area contributed by atoms with Gasteiger partial charge in [0.2, 0.25) is 0 Å². The Kier molecular flexibility index (Phi) is 17.0. The number of halogens is 2. The average Bonchev–Trinajstić information content (AvgIpc) is 3.14. The summed E-state index contributed by atoms with van der Waals surface area (Å²) in [5, 5.41) is 0. The van der Waals surface area contributed by atoms with Crippen molar-refractivity contribution in [3.8, 4) is 0 Å². The summed E-state index contributed by atoms with van der Waals surface area (Å²) in [4.78, 5) is 16.0. The molecule has 4 fully saturated rings. The van der Waals surface area contributed by atoms with Crippen LogP contribution in [0.15, 0.2) is 46.4 Å². The van der Waals surface area contributed by atoms with E-state index in [1.807, 2.05) is 0 Å². The van der Waals surface area contributed by atoms with E-state index < -0.39 is 0 Å². The second kappa shape index (κ2) is 20.6. The Morgan fingerprint density at radius 3 is 0.942 bits per heavy atom. The molecule has 4 saturated carbocycles. The Labute approximate surface area is 338 Å². The summed E-state index contributed by atoms with van der Waals surface area (Å²) in [5.41, 5.74) is 14.4. The Morgan fingerprint density at radius 2 is 0.673 bits per heavy atom. The third kappa shape index (κ3) is 10.6. The first-order valence-corrected chi connectivity index (χ1v) is 20.4. The van der Waals surface area contributed by atoms with Crippen LogP contribution in [0.2, 0.25) is 0 Å². The maximum Gasteiger partial charge on any atom is 2.00 e. The molecule has 0 atom stereocenters. The number of aryl methyl sites for hydroxylation is 3. The minimum absolute atomic E-state index is 0. The summed E-state index contributed by atoms with van der Waals surface area (Å²) in [6.45, 7) is 6.79. The van der Waals surface area contributed by atoms with Crippen LogP contribution in [0.4, 0.5) is 11.4 Å². The molecular weight excluding hydrogens is 724 g/mol. The summed E-state index contributed by atoms with van der Waals surface area (Å²) < 4.78 is 0. The number of rotatable bonds is 8. The second-order valence-electron chi connectivity index (χ2n) is 16.4. The number of aromatic nitrogens is 1. The summed E-state index contributed by atoms with van der Waals surface area (Å²) in [5.74, 6) is 2.51. The topological polar surface area (TPSA) is 37.6 Å². The van der Waals surface area contributed by atoms with Gasteiger partial charge in [-0.3, -0.25) is 9.98 Å². The van der Waals surface area contributed by atoms with Gasteiger partial charge in [0.25, 0.3) is 0 Å². The maximum absolute atomic E-state index is 5.40. The van der Waals surface area contributed by atoms with Crippen molar-refractivity contribution in [2.24, 2.45) is 9.98 Å². The Bertz CT molecular complexity index is 1450. The van der Waals surface area contributed by atoms with Crippen LogP contribution in [0.5, 0.6) is 0 Å². The number of hydrogen-bond acceptors (Lipinski definition) is 3. The maximum atomic E-state index is 5.40. The van der Waals surface area contributed by atoms with Gasteiger partial charge < -0.3 is 24.8 Å². The summed E-state index contributed by atoms with van der Waals surface area (Å²) in [6.07, 6.45) is 30.7. The number of hydrogen-bond donors (Lipinski definition) is 0.